The summed E-state index contributed by atoms with van der Waals surface area (Å²) < 4.78 is 12.5. The van der Waals surface area contributed by atoms with Gasteiger partial charge in [0.2, 0.25) is 0 Å². The first-order chi connectivity index (χ1) is 12.1. The van der Waals surface area contributed by atoms with Crippen LogP contribution in [0.4, 0.5) is 0 Å². The number of thiazole rings is 1. The van der Waals surface area contributed by atoms with E-state index in [0.29, 0.717) is 28.8 Å². The summed E-state index contributed by atoms with van der Waals surface area (Å²) in [5.41, 5.74) is 0.564. The third-order valence-corrected chi connectivity index (χ3v) is 4.62. The molecule has 0 aliphatic heterocycles. The van der Waals surface area contributed by atoms with E-state index in [-0.39, 0.29) is 11.1 Å². The van der Waals surface area contributed by atoms with E-state index in [2.05, 4.69) is 0 Å². The molecule has 0 spiro atoms. The molecular weight excluding hydrogens is 338 g/mol. The topological polar surface area (TPSA) is 88.0 Å². The molecule has 0 aliphatic carbocycles. The van der Waals surface area contributed by atoms with Crippen LogP contribution in [0, 0.1) is 22.7 Å². The molecule has 0 N–H and O–H groups in total. The minimum Gasteiger partial charge on any atom is -0.497 e. The Kier molecular flexibility index (Phi) is 6.53. The summed E-state index contributed by atoms with van der Waals surface area (Å²) in [5.74, 6) is 0.727. The Morgan fingerprint density at radius 2 is 1.92 bits per heavy atom. The van der Waals surface area contributed by atoms with Crippen molar-refractivity contribution in [1.82, 2.24) is 4.57 Å². The molecular formula is C18H17N3O3S. The van der Waals surface area contributed by atoms with Gasteiger partial charge in [-0.2, -0.15) is 10.5 Å². The Morgan fingerprint density at radius 1 is 1.24 bits per heavy atom. The first kappa shape index (κ1) is 18.5. The highest BCUT2D eigenvalue weighted by Gasteiger charge is 2.09. The molecule has 0 aliphatic rings. The zero-order valence-electron chi connectivity index (χ0n) is 14.0. The molecule has 1 heterocycles. The number of nitrogens with zero attached hydrogens (tertiary/aromatic N) is 3. The first-order valence-electron chi connectivity index (χ1n) is 7.53. The molecule has 6 nitrogen and oxygen atoms in total. The van der Waals surface area contributed by atoms with Gasteiger partial charge >= 0.3 is 0 Å². The Bertz CT molecular complexity index is 973. The number of ether oxygens (including phenoxy) is 2. The van der Waals surface area contributed by atoms with Crippen LogP contribution in [0.1, 0.15) is 12.0 Å². The van der Waals surface area contributed by atoms with Crippen LogP contribution in [0.3, 0.4) is 0 Å². The van der Waals surface area contributed by atoms with E-state index in [4.69, 9.17) is 20.0 Å². The van der Waals surface area contributed by atoms with Crippen molar-refractivity contribution in [3.05, 3.63) is 49.4 Å². The molecule has 25 heavy (non-hydrogen) atoms. The van der Waals surface area contributed by atoms with Gasteiger partial charge in [0, 0.05) is 20.3 Å². The highest BCUT2D eigenvalue weighted by Crippen LogP contribution is 2.11. The summed E-state index contributed by atoms with van der Waals surface area (Å²) in [6.07, 6.45) is 2.36. The van der Waals surface area contributed by atoms with Crippen molar-refractivity contribution in [2.45, 2.75) is 13.0 Å². The number of methoxy groups -OCH3 is 2. The molecule has 0 bridgehead atoms. The van der Waals surface area contributed by atoms with Crippen LogP contribution in [0.25, 0.3) is 11.6 Å². The lowest BCUT2D eigenvalue weighted by Crippen LogP contribution is -2.32. The third-order valence-electron chi connectivity index (χ3n) is 3.49. The molecule has 0 amide bonds. The van der Waals surface area contributed by atoms with Crippen LogP contribution < -0.4 is 19.5 Å². The van der Waals surface area contributed by atoms with Crippen LogP contribution in [0.2, 0.25) is 0 Å². The number of hydrogen-bond donors (Lipinski definition) is 0. The summed E-state index contributed by atoms with van der Waals surface area (Å²) >= 11 is 1.15. The van der Waals surface area contributed by atoms with Gasteiger partial charge in [0.15, 0.2) is 5.57 Å². The van der Waals surface area contributed by atoms with Crippen molar-refractivity contribution in [2.75, 3.05) is 20.8 Å². The largest absolute Gasteiger partial charge is 0.497 e. The van der Waals surface area contributed by atoms with E-state index < -0.39 is 0 Å². The zero-order chi connectivity index (χ0) is 18.2. The maximum absolute atomic E-state index is 12.7. The smallest absolute Gasteiger partial charge is 0.269 e. The number of nitriles is 2. The number of hydrogen-bond acceptors (Lipinski definition) is 6. The molecule has 0 radical (unpaired) electrons. The van der Waals surface area contributed by atoms with Gasteiger partial charge in [-0.3, -0.25) is 9.36 Å². The summed E-state index contributed by atoms with van der Waals surface area (Å²) in [6.45, 7) is 0.884. The van der Waals surface area contributed by atoms with Crippen LogP contribution >= 0.6 is 11.3 Å². The van der Waals surface area contributed by atoms with Crippen LogP contribution in [0.5, 0.6) is 5.75 Å². The quantitative estimate of drug-likeness (QED) is 0.721. The van der Waals surface area contributed by atoms with Gasteiger partial charge < -0.3 is 9.47 Å². The Hall–Kier alpha value is -2.87. The Balaban J connectivity index is 2.60. The molecule has 0 saturated carbocycles. The molecule has 0 unspecified atom stereocenters. The predicted octanol–water partition coefficient (Wildman–Crippen LogP) is 0.982. The van der Waals surface area contributed by atoms with Crippen molar-refractivity contribution in [1.29, 1.82) is 10.5 Å². The summed E-state index contributed by atoms with van der Waals surface area (Å²) in [7, 11) is 3.17. The normalized spacial score (nSPS) is 11.0. The van der Waals surface area contributed by atoms with Gasteiger partial charge in [-0.05, 0) is 30.2 Å². The van der Waals surface area contributed by atoms with Crippen molar-refractivity contribution in [2.24, 2.45) is 0 Å². The summed E-state index contributed by atoms with van der Waals surface area (Å²) in [6, 6.07) is 11.0. The van der Waals surface area contributed by atoms with E-state index in [9.17, 15) is 4.79 Å². The molecule has 0 atom stereocenters. The maximum Gasteiger partial charge on any atom is 0.269 e. The lowest BCUT2D eigenvalue weighted by molar-refractivity contribution is 0.190. The summed E-state index contributed by atoms with van der Waals surface area (Å²) in [4.78, 5) is 12.7. The van der Waals surface area contributed by atoms with Crippen molar-refractivity contribution >= 4 is 23.0 Å². The van der Waals surface area contributed by atoms with Gasteiger partial charge in [-0.1, -0.05) is 12.1 Å². The standard InChI is InChI=1S/C18H17N3O3S/c1-23-9-3-8-21-17(22)16(25-18(21)14(11-19)12-20)10-13-4-6-15(24-2)7-5-13/h4-7,10H,3,8-9H2,1-2H3. The van der Waals surface area contributed by atoms with E-state index in [0.717, 1.165) is 22.6 Å². The van der Waals surface area contributed by atoms with Gasteiger partial charge in [0.25, 0.3) is 5.56 Å². The molecule has 2 rings (SSSR count). The number of aromatic nitrogens is 1. The van der Waals surface area contributed by atoms with Gasteiger partial charge in [-0.15, -0.1) is 11.3 Å². The van der Waals surface area contributed by atoms with Crippen molar-refractivity contribution in [3.63, 3.8) is 0 Å². The van der Waals surface area contributed by atoms with Gasteiger partial charge in [0.1, 0.15) is 22.6 Å². The highest BCUT2D eigenvalue weighted by atomic mass is 32.1. The molecule has 1 aromatic heterocycles. The fraction of sp³-hybridized carbons (Fsp3) is 0.278. The van der Waals surface area contributed by atoms with E-state index in [1.54, 1.807) is 32.4 Å². The van der Waals surface area contributed by atoms with Crippen LogP contribution in [-0.2, 0) is 11.3 Å². The minimum absolute atomic E-state index is 0.0612. The second-order valence-corrected chi connectivity index (χ2v) is 6.12. The van der Waals surface area contributed by atoms with Crippen molar-refractivity contribution in [3.8, 4) is 17.9 Å². The van der Waals surface area contributed by atoms with Crippen LogP contribution in [-0.4, -0.2) is 25.4 Å². The zero-order valence-corrected chi connectivity index (χ0v) is 14.8. The second kappa shape index (κ2) is 8.84. The molecule has 7 heteroatoms. The number of rotatable bonds is 6. The lowest BCUT2D eigenvalue weighted by Gasteiger charge is -2.01. The predicted molar refractivity (Wildman–Crippen MR) is 95.5 cm³/mol. The summed E-state index contributed by atoms with van der Waals surface area (Å²) in [5, 5.41) is 18.3. The monoisotopic (exact) mass is 355 g/mol. The van der Waals surface area contributed by atoms with E-state index in [1.807, 2.05) is 24.3 Å². The molecule has 128 valence electrons. The fourth-order valence-corrected chi connectivity index (χ4v) is 3.33. The Morgan fingerprint density at radius 3 is 2.48 bits per heavy atom. The molecule has 0 fully saturated rings. The number of benzene rings is 1. The van der Waals surface area contributed by atoms with E-state index >= 15 is 0 Å². The Labute approximate surface area is 149 Å². The molecule has 2 aromatic rings. The average Bonchev–Trinajstić information content (AvgIpc) is 2.93. The minimum atomic E-state index is -0.213. The van der Waals surface area contributed by atoms with Crippen LogP contribution in [0.15, 0.2) is 29.1 Å². The lowest BCUT2D eigenvalue weighted by atomic mass is 10.2. The van der Waals surface area contributed by atoms with E-state index in [1.165, 1.54) is 4.57 Å². The van der Waals surface area contributed by atoms with Crippen molar-refractivity contribution < 1.29 is 9.47 Å². The van der Waals surface area contributed by atoms with Gasteiger partial charge in [-0.25, -0.2) is 0 Å². The fourth-order valence-electron chi connectivity index (χ4n) is 2.25. The maximum atomic E-state index is 12.7. The highest BCUT2D eigenvalue weighted by molar-refractivity contribution is 7.07. The average molecular weight is 355 g/mol. The SMILES string of the molecule is COCCCn1c(=C(C#N)C#N)sc(=Cc2ccc(OC)cc2)c1=O. The molecule has 0 saturated heterocycles. The third kappa shape index (κ3) is 4.36. The molecule has 1 aromatic carbocycles. The van der Waals surface area contributed by atoms with Gasteiger partial charge in [0.05, 0.1) is 11.6 Å². The first-order valence-corrected chi connectivity index (χ1v) is 8.35. The second-order valence-electron chi connectivity index (χ2n) is 5.09.